The Morgan fingerprint density at radius 2 is 1.90 bits per heavy atom. The second-order valence-corrected chi connectivity index (χ2v) is 5.95. The fraction of sp³-hybridized carbons (Fsp3) is 0.500. The van der Waals surface area contributed by atoms with Crippen LogP contribution in [0.1, 0.15) is 33.1 Å². The highest BCUT2D eigenvalue weighted by molar-refractivity contribution is 6.05. The minimum Gasteiger partial charge on any atom is -0.497 e. The Hall–Kier alpha value is -1.84. The van der Waals surface area contributed by atoms with Crippen molar-refractivity contribution in [3.63, 3.8) is 0 Å². The van der Waals surface area contributed by atoms with Gasteiger partial charge in [-0.1, -0.05) is 13.8 Å². The van der Waals surface area contributed by atoms with E-state index in [1.165, 1.54) is 0 Å². The van der Waals surface area contributed by atoms with Gasteiger partial charge >= 0.3 is 0 Å². The maximum absolute atomic E-state index is 11.8. The van der Waals surface area contributed by atoms with Gasteiger partial charge < -0.3 is 9.47 Å². The molecule has 0 radical (unpaired) electrons. The number of ketones is 1. The van der Waals surface area contributed by atoms with Crippen molar-refractivity contribution in [2.45, 2.75) is 33.1 Å². The number of aliphatic imine (C=N–C) groups is 1. The molecular formula is C16H21NO3. The van der Waals surface area contributed by atoms with Crippen LogP contribution >= 0.6 is 0 Å². The third-order valence-electron chi connectivity index (χ3n) is 3.43. The van der Waals surface area contributed by atoms with Crippen molar-refractivity contribution in [1.82, 2.24) is 0 Å². The molecule has 1 saturated carbocycles. The van der Waals surface area contributed by atoms with Crippen molar-refractivity contribution < 1.29 is 14.3 Å². The zero-order chi connectivity index (χ0) is 14.8. The van der Waals surface area contributed by atoms with Crippen LogP contribution in [0.5, 0.6) is 11.5 Å². The van der Waals surface area contributed by atoms with Gasteiger partial charge in [0.2, 0.25) is 0 Å². The summed E-state index contributed by atoms with van der Waals surface area (Å²) in [7, 11) is 3.22. The summed E-state index contributed by atoms with van der Waals surface area (Å²) in [5.74, 6) is 1.64. The van der Waals surface area contributed by atoms with Gasteiger partial charge in [0.1, 0.15) is 23.0 Å². The average molecular weight is 275 g/mol. The molecule has 0 atom stereocenters. The normalized spacial score (nSPS) is 20.0. The second kappa shape index (κ2) is 5.65. The smallest absolute Gasteiger partial charge is 0.148 e. The number of nitrogens with zero attached hydrogens (tertiary/aromatic N) is 1. The van der Waals surface area contributed by atoms with E-state index in [0.717, 1.165) is 23.6 Å². The van der Waals surface area contributed by atoms with Crippen LogP contribution in [-0.4, -0.2) is 25.7 Å². The maximum atomic E-state index is 11.8. The first-order valence-electron chi connectivity index (χ1n) is 6.74. The van der Waals surface area contributed by atoms with Gasteiger partial charge in [-0.05, 0) is 24.0 Å². The lowest BCUT2D eigenvalue weighted by Gasteiger charge is -2.29. The molecule has 0 N–H and O–H groups in total. The summed E-state index contributed by atoms with van der Waals surface area (Å²) in [6, 6.07) is 5.50. The quantitative estimate of drug-likeness (QED) is 0.847. The summed E-state index contributed by atoms with van der Waals surface area (Å²) in [6.45, 7) is 4.20. The maximum Gasteiger partial charge on any atom is 0.148 e. The van der Waals surface area contributed by atoms with Crippen molar-refractivity contribution in [3.05, 3.63) is 18.2 Å². The molecule has 4 heteroatoms. The van der Waals surface area contributed by atoms with Crippen LogP contribution in [0.15, 0.2) is 23.2 Å². The van der Waals surface area contributed by atoms with Crippen LogP contribution in [0.4, 0.5) is 5.69 Å². The third kappa shape index (κ3) is 3.38. The van der Waals surface area contributed by atoms with Gasteiger partial charge in [-0.25, -0.2) is 0 Å². The summed E-state index contributed by atoms with van der Waals surface area (Å²) >= 11 is 0. The third-order valence-corrected chi connectivity index (χ3v) is 3.43. The first kappa shape index (κ1) is 14.6. The van der Waals surface area contributed by atoms with E-state index in [1.54, 1.807) is 20.3 Å². The van der Waals surface area contributed by atoms with E-state index >= 15 is 0 Å². The van der Waals surface area contributed by atoms with Crippen LogP contribution in [0, 0.1) is 5.41 Å². The van der Waals surface area contributed by atoms with Gasteiger partial charge in [0.05, 0.1) is 14.2 Å². The van der Waals surface area contributed by atoms with Crippen molar-refractivity contribution in [2.75, 3.05) is 14.2 Å². The molecule has 0 bridgehead atoms. The molecule has 108 valence electrons. The Kier molecular flexibility index (Phi) is 4.12. The van der Waals surface area contributed by atoms with Crippen LogP contribution in [0.2, 0.25) is 0 Å². The van der Waals surface area contributed by atoms with E-state index in [0.29, 0.717) is 18.6 Å². The van der Waals surface area contributed by atoms with E-state index in [-0.39, 0.29) is 11.2 Å². The van der Waals surface area contributed by atoms with E-state index < -0.39 is 0 Å². The molecule has 0 saturated heterocycles. The number of Topliss-reactive ketones (excluding diaryl/α,β-unsaturated/α-hetero) is 1. The zero-order valence-corrected chi connectivity index (χ0v) is 12.5. The lowest BCUT2D eigenvalue weighted by Crippen LogP contribution is -2.28. The summed E-state index contributed by atoms with van der Waals surface area (Å²) in [5, 5.41) is 0. The highest BCUT2D eigenvalue weighted by Gasteiger charge is 2.30. The standard InChI is InChI=1S/C16H21NO3/c1-16(2)9-11(7-12(18)10-16)17-14-6-5-13(19-3)8-15(14)20-4/h5-6,8H,7,9-10H2,1-4H3. The predicted molar refractivity (Wildman–Crippen MR) is 79.3 cm³/mol. The molecule has 0 aromatic heterocycles. The van der Waals surface area contributed by atoms with E-state index in [4.69, 9.17) is 9.47 Å². The van der Waals surface area contributed by atoms with Gasteiger partial charge in [-0.15, -0.1) is 0 Å². The predicted octanol–water partition coefficient (Wildman–Crippen LogP) is 3.56. The summed E-state index contributed by atoms with van der Waals surface area (Å²) in [4.78, 5) is 16.4. The number of benzene rings is 1. The molecule has 1 aliphatic carbocycles. The van der Waals surface area contributed by atoms with Crippen LogP contribution in [0.25, 0.3) is 0 Å². The number of hydrogen-bond donors (Lipinski definition) is 0. The van der Waals surface area contributed by atoms with E-state index in [2.05, 4.69) is 18.8 Å². The Balaban J connectivity index is 2.32. The second-order valence-electron chi connectivity index (χ2n) is 5.95. The highest BCUT2D eigenvalue weighted by atomic mass is 16.5. The SMILES string of the molecule is COc1ccc(N=C2CC(=O)CC(C)(C)C2)c(OC)c1. The van der Waals surface area contributed by atoms with E-state index in [9.17, 15) is 4.79 Å². The fourth-order valence-electron chi connectivity index (χ4n) is 2.63. The van der Waals surface area contributed by atoms with Gasteiger partial charge in [0, 0.05) is 24.6 Å². The van der Waals surface area contributed by atoms with Crippen molar-refractivity contribution >= 4 is 17.2 Å². The number of methoxy groups -OCH3 is 2. The van der Waals surface area contributed by atoms with Gasteiger partial charge in [-0.3, -0.25) is 9.79 Å². The Labute approximate surface area is 119 Å². The largest absolute Gasteiger partial charge is 0.497 e. The molecule has 0 amide bonds. The lowest BCUT2D eigenvalue weighted by molar-refractivity contribution is -0.120. The minimum absolute atomic E-state index is 0.00608. The Bertz CT molecular complexity index is 547. The molecule has 1 fully saturated rings. The number of rotatable bonds is 3. The molecule has 1 aromatic carbocycles. The topological polar surface area (TPSA) is 47.9 Å². The molecule has 1 aromatic rings. The minimum atomic E-state index is -0.00608. The molecule has 2 rings (SSSR count). The average Bonchev–Trinajstić information content (AvgIpc) is 2.36. The van der Waals surface area contributed by atoms with Crippen LogP contribution in [0.3, 0.4) is 0 Å². The van der Waals surface area contributed by atoms with Crippen molar-refractivity contribution in [3.8, 4) is 11.5 Å². The van der Waals surface area contributed by atoms with Crippen molar-refractivity contribution in [1.29, 1.82) is 0 Å². The van der Waals surface area contributed by atoms with Gasteiger partial charge in [-0.2, -0.15) is 0 Å². The van der Waals surface area contributed by atoms with Crippen molar-refractivity contribution in [2.24, 2.45) is 10.4 Å². The molecule has 0 spiro atoms. The van der Waals surface area contributed by atoms with Gasteiger partial charge in [0.15, 0.2) is 0 Å². The molecule has 0 aliphatic heterocycles. The summed E-state index contributed by atoms with van der Waals surface area (Å²) in [6.07, 6.45) is 1.91. The van der Waals surface area contributed by atoms with Crippen LogP contribution < -0.4 is 9.47 Å². The Morgan fingerprint density at radius 1 is 1.15 bits per heavy atom. The molecule has 0 unspecified atom stereocenters. The number of hydrogen-bond acceptors (Lipinski definition) is 4. The molecular weight excluding hydrogens is 254 g/mol. The number of carbonyl (C=O) groups is 1. The fourth-order valence-corrected chi connectivity index (χ4v) is 2.63. The highest BCUT2D eigenvalue weighted by Crippen LogP contribution is 2.36. The Morgan fingerprint density at radius 3 is 2.50 bits per heavy atom. The van der Waals surface area contributed by atoms with Gasteiger partial charge in [0.25, 0.3) is 0 Å². The lowest BCUT2D eigenvalue weighted by atomic mass is 9.76. The number of ether oxygens (including phenoxy) is 2. The molecule has 4 nitrogen and oxygen atoms in total. The molecule has 0 heterocycles. The first-order chi connectivity index (χ1) is 9.43. The first-order valence-corrected chi connectivity index (χ1v) is 6.74. The monoisotopic (exact) mass is 275 g/mol. The van der Waals surface area contributed by atoms with E-state index in [1.807, 2.05) is 12.1 Å². The molecule has 1 aliphatic rings. The van der Waals surface area contributed by atoms with Crippen LogP contribution in [-0.2, 0) is 4.79 Å². The number of carbonyl (C=O) groups excluding carboxylic acids is 1. The zero-order valence-electron chi connectivity index (χ0n) is 12.5. The molecule has 20 heavy (non-hydrogen) atoms. The summed E-state index contributed by atoms with van der Waals surface area (Å²) < 4.78 is 10.5. The summed E-state index contributed by atoms with van der Waals surface area (Å²) in [5.41, 5.74) is 1.66.